The highest BCUT2D eigenvalue weighted by Gasteiger charge is 2.22. The summed E-state index contributed by atoms with van der Waals surface area (Å²) >= 11 is 4.18. The summed E-state index contributed by atoms with van der Waals surface area (Å²) in [7, 11) is 0. The molecule has 0 aliphatic heterocycles. The summed E-state index contributed by atoms with van der Waals surface area (Å²) in [6.45, 7) is 5.23. The molecule has 0 aliphatic rings. The summed E-state index contributed by atoms with van der Waals surface area (Å²) in [4.78, 5) is 0. The van der Waals surface area contributed by atoms with Gasteiger partial charge in [0.15, 0.2) is 0 Å². The Morgan fingerprint density at radius 3 is 2.10 bits per heavy atom. The molecule has 0 saturated carbocycles. The quantitative estimate of drug-likeness (QED) is 0.597. The monoisotopic (exact) mass is 286 g/mol. The fourth-order valence-corrected chi connectivity index (χ4v) is 2.37. The Hall–Kier alpha value is -1.41. The van der Waals surface area contributed by atoms with Gasteiger partial charge in [0.05, 0.1) is 6.61 Å². The van der Waals surface area contributed by atoms with Crippen LogP contribution in [0, 0.1) is 0 Å². The van der Waals surface area contributed by atoms with Crippen LogP contribution in [0.15, 0.2) is 54.6 Å². The summed E-state index contributed by atoms with van der Waals surface area (Å²) in [6.07, 6.45) is 0.973. The lowest BCUT2D eigenvalue weighted by Gasteiger charge is -2.26. The fraction of sp³-hybridized carbons (Fsp3) is 0.333. The number of rotatable bonds is 6. The molecular weight excluding hydrogens is 264 g/mol. The van der Waals surface area contributed by atoms with Crippen LogP contribution < -0.4 is 4.74 Å². The number of benzene rings is 2. The number of hydrogen-bond acceptors (Lipinski definition) is 2. The second-order valence-corrected chi connectivity index (χ2v) is 5.89. The van der Waals surface area contributed by atoms with Crippen LogP contribution in [0.3, 0.4) is 0 Å². The molecule has 0 N–H and O–H groups in total. The van der Waals surface area contributed by atoms with E-state index >= 15 is 0 Å². The number of thiol groups is 1. The normalized spacial score (nSPS) is 11.3. The van der Waals surface area contributed by atoms with Gasteiger partial charge >= 0.3 is 0 Å². The minimum absolute atomic E-state index is 0.00485. The molecular formula is C18H22OS. The van der Waals surface area contributed by atoms with Gasteiger partial charge < -0.3 is 4.74 Å². The first-order valence-electron chi connectivity index (χ1n) is 7.04. The van der Waals surface area contributed by atoms with Crippen LogP contribution in [0.25, 0.3) is 0 Å². The molecule has 0 amide bonds. The predicted molar refractivity (Wildman–Crippen MR) is 89.0 cm³/mol. The smallest absolute Gasteiger partial charge is 0.119 e. The molecule has 0 spiro atoms. The van der Waals surface area contributed by atoms with E-state index in [1.807, 2.05) is 0 Å². The maximum absolute atomic E-state index is 5.67. The van der Waals surface area contributed by atoms with Gasteiger partial charge in [-0.3, -0.25) is 0 Å². The Kier molecular flexibility index (Phi) is 5.13. The third-order valence-corrected chi connectivity index (χ3v) is 3.96. The van der Waals surface area contributed by atoms with Crippen LogP contribution in [0.4, 0.5) is 0 Å². The average Bonchev–Trinajstić information content (AvgIpc) is 2.49. The van der Waals surface area contributed by atoms with Gasteiger partial charge in [0, 0.05) is 5.41 Å². The summed E-state index contributed by atoms with van der Waals surface area (Å²) in [5.74, 6) is 1.79. The van der Waals surface area contributed by atoms with Crippen LogP contribution in [-0.2, 0) is 5.41 Å². The molecule has 0 unspecified atom stereocenters. The lowest BCUT2D eigenvalue weighted by molar-refractivity contribution is 0.318. The largest absolute Gasteiger partial charge is 0.494 e. The van der Waals surface area contributed by atoms with Gasteiger partial charge in [-0.1, -0.05) is 56.3 Å². The SMILES string of the molecule is CC(C)(c1ccccc1)c1ccc(OCCCS)cc1. The van der Waals surface area contributed by atoms with Crippen molar-refractivity contribution < 1.29 is 4.74 Å². The van der Waals surface area contributed by atoms with Gasteiger partial charge in [0.2, 0.25) is 0 Å². The highest BCUT2D eigenvalue weighted by Crippen LogP contribution is 2.32. The third kappa shape index (κ3) is 3.57. The van der Waals surface area contributed by atoms with Gasteiger partial charge in [-0.2, -0.15) is 12.6 Å². The van der Waals surface area contributed by atoms with E-state index in [1.165, 1.54) is 11.1 Å². The van der Waals surface area contributed by atoms with Gasteiger partial charge in [0.25, 0.3) is 0 Å². The molecule has 0 fully saturated rings. The molecule has 2 aromatic carbocycles. The van der Waals surface area contributed by atoms with E-state index in [9.17, 15) is 0 Å². The van der Waals surface area contributed by atoms with Crippen molar-refractivity contribution in [3.63, 3.8) is 0 Å². The molecule has 106 valence electrons. The van der Waals surface area contributed by atoms with Crippen LogP contribution in [0.2, 0.25) is 0 Å². The molecule has 2 rings (SSSR count). The highest BCUT2D eigenvalue weighted by molar-refractivity contribution is 7.80. The van der Waals surface area contributed by atoms with E-state index in [-0.39, 0.29) is 5.41 Å². The second kappa shape index (κ2) is 6.85. The standard InChI is InChI=1S/C18H22OS/c1-18(2,15-7-4-3-5-8-15)16-9-11-17(12-10-16)19-13-6-14-20/h3-5,7-12,20H,6,13-14H2,1-2H3. The highest BCUT2D eigenvalue weighted by atomic mass is 32.1. The van der Waals surface area contributed by atoms with E-state index in [2.05, 4.69) is 81.1 Å². The summed E-state index contributed by atoms with van der Waals surface area (Å²) in [6, 6.07) is 19.0. The van der Waals surface area contributed by atoms with Crippen molar-refractivity contribution in [3.05, 3.63) is 65.7 Å². The summed E-state index contributed by atoms with van der Waals surface area (Å²) < 4.78 is 5.67. The van der Waals surface area contributed by atoms with Gasteiger partial charge in [-0.15, -0.1) is 0 Å². The average molecular weight is 286 g/mol. The van der Waals surface area contributed by atoms with Crippen molar-refractivity contribution in [2.24, 2.45) is 0 Å². The van der Waals surface area contributed by atoms with Crippen molar-refractivity contribution in [1.29, 1.82) is 0 Å². The molecule has 1 nitrogen and oxygen atoms in total. The lowest BCUT2D eigenvalue weighted by atomic mass is 9.78. The topological polar surface area (TPSA) is 9.23 Å². The van der Waals surface area contributed by atoms with Crippen molar-refractivity contribution in [1.82, 2.24) is 0 Å². The molecule has 0 aliphatic carbocycles. The molecule has 0 heterocycles. The molecule has 0 bridgehead atoms. The van der Waals surface area contributed by atoms with E-state index < -0.39 is 0 Å². The van der Waals surface area contributed by atoms with Crippen molar-refractivity contribution >= 4 is 12.6 Å². The minimum atomic E-state index is 0.00485. The van der Waals surface area contributed by atoms with E-state index in [1.54, 1.807) is 0 Å². The fourth-order valence-electron chi connectivity index (χ4n) is 2.24. The molecule has 0 saturated heterocycles. The molecule has 2 heteroatoms. The summed E-state index contributed by atoms with van der Waals surface area (Å²) in [5.41, 5.74) is 2.62. The molecule has 20 heavy (non-hydrogen) atoms. The Balaban J connectivity index is 2.13. The first-order valence-corrected chi connectivity index (χ1v) is 7.67. The first-order chi connectivity index (χ1) is 9.64. The minimum Gasteiger partial charge on any atom is -0.494 e. The molecule has 2 aromatic rings. The zero-order valence-corrected chi connectivity index (χ0v) is 13.1. The Labute approximate surface area is 127 Å². The molecule has 0 atom stereocenters. The maximum atomic E-state index is 5.67. The van der Waals surface area contributed by atoms with Gasteiger partial charge in [-0.25, -0.2) is 0 Å². The third-order valence-electron chi connectivity index (χ3n) is 3.64. The number of ether oxygens (including phenoxy) is 1. The van der Waals surface area contributed by atoms with Crippen LogP contribution in [0.1, 0.15) is 31.4 Å². The first kappa shape index (κ1) is 15.0. The van der Waals surface area contributed by atoms with Crippen LogP contribution in [0.5, 0.6) is 5.75 Å². The Morgan fingerprint density at radius 2 is 1.50 bits per heavy atom. The van der Waals surface area contributed by atoms with Crippen LogP contribution >= 0.6 is 12.6 Å². The Bertz CT molecular complexity index is 517. The maximum Gasteiger partial charge on any atom is 0.119 e. The van der Waals surface area contributed by atoms with Crippen molar-refractivity contribution in [2.45, 2.75) is 25.7 Å². The molecule has 0 radical (unpaired) electrons. The van der Waals surface area contributed by atoms with E-state index in [0.29, 0.717) is 0 Å². The van der Waals surface area contributed by atoms with Crippen LogP contribution in [-0.4, -0.2) is 12.4 Å². The van der Waals surface area contributed by atoms with Crippen molar-refractivity contribution in [2.75, 3.05) is 12.4 Å². The number of hydrogen-bond donors (Lipinski definition) is 1. The van der Waals surface area contributed by atoms with E-state index in [0.717, 1.165) is 24.5 Å². The van der Waals surface area contributed by atoms with Gasteiger partial charge in [-0.05, 0) is 35.4 Å². The predicted octanol–water partition coefficient (Wildman–Crippen LogP) is 4.71. The Morgan fingerprint density at radius 1 is 0.900 bits per heavy atom. The molecule has 0 aromatic heterocycles. The summed E-state index contributed by atoms with van der Waals surface area (Å²) in [5, 5.41) is 0. The lowest BCUT2D eigenvalue weighted by Crippen LogP contribution is -2.18. The van der Waals surface area contributed by atoms with Gasteiger partial charge in [0.1, 0.15) is 5.75 Å². The second-order valence-electron chi connectivity index (χ2n) is 5.44. The zero-order valence-electron chi connectivity index (χ0n) is 12.2. The van der Waals surface area contributed by atoms with E-state index in [4.69, 9.17) is 4.74 Å². The zero-order chi connectivity index (χ0) is 14.4. The van der Waals surface area contributed by atoms with Crippen molar-refractivity contribution in [3.8, 4) is 5.75 Å².